The predicted molar refractivity (Wildman–Crippen MR) is 93.2 cm³/mol. The van der Waals surface area contributed by atoms with Gasteiger partial charge in [0.15, 0.2) is 0 Å². The summed E-state index contributed by atoms with van der Waals surface area (Å²) in [6, 6.07) is 6.06. The maximum absolute atomic E-state index is 5.71. The fourth-order valence-electron chi connectivity index (χ4n) is 1.58. The largest absolute Gasteiger partial charge is 0.493 e. The normalized spacial score (nSPS) is 12.4. The molecule has 0 saturated heterocycles. The summed E-state index contributed by atoms with van der Waals surface area (Å²) in [6.07, 6.45) is 2.78. The second kappa shape index (κ2) is 11.5. The van der Waals surface area contributed by atoms with Crippen LogP contribution in [0.5, 0.6) is 5.75 Å². The van der Waals surface area contributed by atoms with Crippen molar-refractivity contribution in [3.63, 3.8) is 0 Å². The van der Waals surface area contributed by atoms with Gasteiger partial charge in [-0.05, 0) is 48.6 Å². The van der Waals surface area contributed by atoms with Gasteiger partial charge in [0, 0.05) is 39.7 Å². The minimum atomic E-state index is 0.351. The van der Waals surface area contributed by atoms with E-state index in [0.29, 0.717) is 18.1 Å². The molecule has 1 aromatic carbocycles. The second-order valence-corrected chi connectivity index (χ2v) is 7.48. The first-order valence-electron chi connectivity index (χ1n) is 7.07. The summed E-state index contributed by atoms with van der Waals surface area (Å²) in [7, 11) is 5.28. The Morgan fingerprint density at radius 3 is 2.81 bits per heavy atom. The first-order valence-corrected chi connectivity index (χ1v) is 9.24. The van der Waals surface area contributed by atoms with Gasteiger partial charge in [0.2, 0.25) is 0 Å². The third-order valence-electron chi connectivity index (χ3n) is 2.79. The SMILES string of the molecule is CCC([Si])SOCCc1cc(OCCCOC)ccc1Br. The Morgan fingerprint density at radius 1 is 1.29 bits per heavy atom. The van der Waals surface area contributed by atoms with Crippen LogP contribution in [-0.4, -0.2) is 42.0 Å². The molecule has 0 saturated carbocycles. The number of halogens is 1. The Balaban J connectivity index is 2.38. The molecule has 117 valence electrons. The Hall–Kier alpha value is -0.0131. The third-order valence-corrected chi connectivity index (χ3v) is 5.13. The summed E-state index contributed by atoms with van der Waals surface area (Å²) in [6.45, 7) is 4.19. The van der Waals surface area contributed by atoms with E-state index in [1.165, 1.54) is 17.6 Å². The van der Waals surface area contributed by atoms with E-state index in [1.54, 1.807) is 7.11 Å². The van der Waals surface area contributed by atoms with Gasteiger partial charge in [-0.25, -0.2) is 0 Å². The lowest BCUT2D eigenvalue weighted by molar-refractivity contribution is 0.172. The van der Waals surface area contributed by atoms with Crippen molar-refractivity contribution in [2.75, 3.05) is 26.9 Å². The summed E-state index contributed by atoms with van der Waals surface area (Å²) < 4.78 is 17.4. The van der Waals surface area contributed by atoms with Gasteiger partial charge in [0.1, 0.15) is 5.75 Å². The number of hydrogen-bond donors (Lipinski definition) is 0. The van der Waals surface area contributed by atoms with Crippen LogP contribution in [-0.2, 0) is 15.3 Å². The van der Waals surface area contributed by atoms with E-state index in [1.807, 2.05) is 12.1 Å². The molecule has 0 aliphatic rings. The van der Waals surface area contributed by atoms with Crippen LogP contribution in [0.2, 0.25) is 0 Å². The van der Waals surface area contributed by atoms with Crippen molar-refractivity contribution >= 4 is 38.2 Å². The molecule has 0 fully saturated rings. The lowest BCUT2D eigenvalue weighted by atomic mass is 10.1. The van der Waals surface area contributed by atoms with Gasteiger partial charge < -0.3 is 13.7 Å². The van der Waals surface area contributed by atoms with E-state index in [9.17, 15) is 0 Å². The number of rotatable bonds is 11. The minimum absolute atomic E-state index is 0.351. The molecule has 3 radical (unpaired) electrons. The van der Waals surface area contributed by atoms with Gasteiger partial charge >= 0.3 is 0 Å². The summed E-state index contributed by atoms with van der Waals surface area (Å²) >= 11 is 5.05. The van der Waals surface area contributed by atoms with E-state index >= 15 is 0 Å². The standard InChI is InChI=1S/C15H22BrO3SSi/c1-3-15(21)20-19-10-7-12-11-13(5-6-14(12)16)18-9-4-8-17-2/h5-6,11,15H,3-4,7-10H2,1-2H3. The van der Waals surface area contributed by atoms with Gasteiger partial charge in [0.05, 0.1) is 13.2 Å². The predicted octanol–water partition coefficient (Wildman–Crippen LogP) is 3.98. The molecule has 0 heterocycles. The van der Waals surface area contributed by atoms with Crippen molar-refractivity contribution in [3.05, 3.63) is 28.2 Å². The summed E-state index contributed by atoms with van der Waals surface area (Å²) in [5.74, 6) is 0.892. The molecule has 0 aromatic heterocycles. The van der Waals surface area contributed by atoms with Crippen LogP contribution in [0.3, 0.4) is 0 Å². The maximum atomic E-state index is 5.71. The highest BCUT2D eigenvalue weighted by atomic mass is 79.9. The summed E-state index contributed by atoms with van der Waals surface area (Å²) in [5, 5.41) is 0. The molecule has 0 N–H and O–H groups in total. The van der Waals surface area contributed by atoms with Crippen LogP contribution in [0.1, 0.15) is 25.3 Å². The van der Waals surface area contributed by atoms with Crippen LogP contribution >= 0.6 is 28.0 Å². The van der Waals surface area contributed by atoms with E-state index in [2.05, 4.69) is 39.2 Å². The topological polar surface area (TPSA) is 27.7 Å². The van der Waals surface area contributed by atoms with Gasteiger partial charge in [0.25, 0.3) is 0 Å². The zero-order chi connectivity index (χ0) is 15.5. The number of benzene rings is 1. The molecule has 0 aliphatic heterocycles. The smallest absolute Gasteiger partial charge is 0.119 e. The van der Waals surface area contributed by atoms with Gasteiger partial charge in [-0.15, -0.1) is 0 Å². The van der Waals surface area contributed by atoms with E-state index < -0.39 is 0 Å². The summed E-state index contributed by atoms with van der Waals surface area (Å²) in [4.78, 5) is 0.351. The average molecular weight is 390 g/mol. The fourth-order valence-corrected chi connectivity index (χ4v) is 2.70. The van der Waals surface area contributed by atoms with E-state index in [0.717, 1.165) is 36.1 Å². The molecule has 1 aromatic rings. The van der Waals surface area contributed by atoms with Crippen LogP contribution in [0, 0.1) is 0 Å². The number of ether oxygens (including phenoxy) is 2. The van der Waals surface area contributed by atoms with Crippen molar-refractivity contribution in [1.82, 2.24) is 0 Å². The Morgan fingerprint density at radius 2 is 2.10 bits per heavy atom. The van der Waals surface area contributed by atoms with Crippen molar-refractivity contribution < 1.29 is 13.7 Å². The first kappa shape index (κ1) is 19.0. The number of hydrogen-bond acceptors (Lipinski definition) is 4. The van der Waals surface area contributed by atoms with Crippen molar-refractivity contribution in [3.8, 4) is 5.75 Å². The van der Waals surface area contributed by atoms with E-state index in [-0.39, 0.29) is 0 Å². The van der Waals surface area contributed by atoms with Crippen molar-refractivity contribution in [2.24, 2.45) is 0 Å². The lowest BCUT2D eigenvalue weighted by Gasteiger charge is -2.11. The Labute approximate surface area is 143 Å². The monoisotopic (exact) mass is 389 g/mol. The highest BCUT2D eigenvalue weighted by Crippen LogP contribution is 2.24. The highest BCUT2D eigenvalue weighted by molar-refractivity contribution is 9.10. The average Bonchev–Trinajstić information content (AvgIpc) is 2.50. The number of methoxy groups -OCH3 is 1. The van der Waals surface area contributed by atoms with Crippen LogP contribution in [0.15, 0.2) is 22.7 Å². The van der Waals surface area contributed by atoms with Crippen molar-refractivity contribution in [1.29, 1.82) is 0 Å². The molecule has 0 spiro atoms. The molecule has 3 nitrogen and oxygen atoms in total. The molecule has 1 atom stereocenters. The molecular formula is C15H22BrO3SSi. The molecule has 21 heavy (non-hydrogen) atoms. The molecule has 6 heteroatoms. The van der Waals surface area contributed by atoms with Gasteiger partial charge in [-0.3, -0.25) is 0 Å². The molecule has 1 rings (SSSR count). The molecule has 0 amide bonds. The van der Waals surface area contributed by atoms with Gasteiger partial charge in [-0.2, -0.15) is 0 Å². The quantitative estimate of drug-likeness (QED) is 0.325. The maximum Gasteiger partial charge on any atom is 0.119 e. The molecule has 0 aliphatic carbocycles. The molecular weight excluding hydrogens is 368 g/mol. The molecule has 1 unspecified atom stereocenters. The lowest BCUT2D eigenvalue weighted by Crippen LogP contribution is -2.04. The van der Waals surface area contributed by atoms with Gasteiger partial charge in [-0.1, -0.05) is 22.9 Å². The summed E-state index contributed by atoms with van der Waals surface area (Å²) in [5.41, 5.74) is 1.20. The third kappa shape index (κ3) is 8.26. The fraction of sp³-hybridized carbons (Fsp3) is 0.600. The van der Waals surface area contributed by atoms with Crippen LogP contribution < -0.4 is 4.74 Å². The Kier molecular flexibility index (Phi) is 10.5. The second-order valence-electron chi connectivity index (χ2n) is 4.51. The zero-order valence-electron chi connectivity index (χ0n) is 12.6. The van der Waals surface area contributed by atoms with E-state index in [4.69, 9.17) is 13.7 Å². The Bertz CT molecular complexity index is 407. The van der Waals surface area contributed by atoms with Crippen molar-refractivity contribution in [2.45, 2.75) is 31.1 Å². The molecule has 0 bridgehead atoms. The van der Waals surface area contributed by atoms with Crippen LogP contribution in [0.25, 0.3) is 0 Å². The van der Waals surface area contributed by atoms with Crippen LogP contribution in [0.4, 0.5) is 0 Å². The zero-order valence-corrected chi connectivity index (χ0v) is 16.0. The highest BCUT2D eigenvalue weighted by Gasteiger charge is 2.05. The first-order chi connectivity index (χ1) is 10.2. The minimum Gasteiger partial charge on any atom is -0.493 e.